The molecule has 1 N–H and O–H groups in total. The number of nitrogens with one attached hydrogen (secondary N) is 1. The molecule has 0 saturated heterocycles. The van der Waals surface area contributed by atoms with E-state index in [2.05, 4.69) is 22.2 Å². The Bertz CT molecular complexity index is 460. The van der Waals surface area contributed by atoms with E-state index in [1.54, 1.807) is 12.1 Å². The number of amides is 1. The summed E-state index contributed by atoms with van der Waals surface area (Å²) in [5, 5.41) is 3.30. The Hall–Kier alpha value is -1.13. The van der Waals surface area contributed by atoms with Gasteiger partial charge in [-0.25, -0.2) is 4.98 Å². The number of rotatable bonds is 6. The van der Waals surface area contributed by atoms with E-state index in [0.717, 1.165) is 24.7 Å². The Kier molecular flexibility index (Phi) is 4.77. The highest BCUT2D eigenvalue weighted by atomic mass is 35.5. The summed E-state index contributed by atoms with van der Waals surface area (Å²) in [6, 6.07) is 4.13. The van der Waals surface area contributed by atoms with Gasteiger partial charge in [0.2, 0.25) is 0 Å². The van der Waals surface area contributed by atoms with E-state index in [1.807, 2.05) is 6.92 Å². The summed E-state index contributed by atoms with van der Waals surface area (Å²) in [5.74, 6) is -0.0804. The van der Waals surface area contributed by atoms with Gasteiger partial charge in [-0.2, -0.15) is 0 Å². The standard InChI is InChI=1S/C14H20ClN3O/c1-3-11-8-10(9-13(15)17-11)14(19)16-6-7-18(2)12-4-5-12/h8-9,12H,3-7H2,1-2H3,(H,16,19). The second-order valence-corrected chi connectivity index (χ2v) is 5.38. The van der Waals surface area contributed by atoms with Crippen LogP contribution in [0.4, 0.5) is 0 Å². The van der Waals surface area contributed by atoms with Crippen LogP contribution in [0, 0.1) is 0 Å². The van der Waals surface area contributed by atoms with Crippen molar-refractivity contribution in [2.45, 2.75) is 32.2 Å². The molecular weight excluding hydrogens is 262 g/mol. The maximum absolute atomic E-state index is 12.0. The van der Waals surface area contributed by atoms with Crippen LogP contribution >= 0.6 is 11.6 Å². The third-order valence-corrected chi connectivity index (χ3v) is 3.59. The molecule has 1 fully saturated rings. The van der Waals surface area contributed by atoms with Crippen molar-refractivity contribution >= 4 is 17.5 Å². The Morgan fingerprint density at radius 2 is 2.26 bits per heavy atom. The van der Waals surface area contributed by atoms with Gasteiger partial charge in [-0.05, 0) is 38.4 Å². The fourth-order valence-electron chi connectivity index (χ4n) is 2.01. The van der Waals surface area contributed by atoms with Gasteiger partial charge in [0.1, 0.15) is 5.15 Å². The molecule has 1 heterocycles. The fraction of sp³-hybridized carbons (Fsp3) is 0.571. The number of hydrogen-bond acceptors (Lipinski definition) is 3. The van der Waals surface area contributed by atoms with E-state index >= 15 is 0 Å². The zero-order valence-electron chi connectivity index (χ0n) is 11.4. The molecule has 4 nitrogen and oxygen atoms in total. The van der Waals surface area contributed by atoms with Gasteiger partial charge in [-0.1, -0.05) is 18.5 Å². The maximum Gasteiger partial charge on any atom is 0.251 e. The Balaban J connectivity index is 1.86. The van der Waals surface area contributed by atoms with Crippen molar-refractivity contribution in [2.24, 2.45) is 0 Å². The van der Waals surface area contributed by atoms with Crippen LogP contribution in [0.2, 0.25) is 5.15 Å². The summed E-state index contributed by atoms with van der Waals surface area (Å²) in [6.45, 7) is 3.54. The number of aromatic nitrogens is 1. The number of aryl methyl sites for hydroxylation is 1. The minimum atomic E-state index is -0.0804. The zero-order valence-corrected chi connectivity index (χ0v) is 12.2. The van der Waals surface area contributed by atoms with Gasteiger partial charge < -0.3 is 10.2 Å². The van der Waals surface area contributed by atoms with Crippen molar-refractivity contribution < 1.29 is 4.79 Å². The number of hydrogen-bond donors (Lipinski definition) is 1. The molecular formula is C14H20ClN3O. The highest BCUT2D eigenvalue weighted by Gasteiger charge is 2.25. The molecule has 0 spiro atoms. The second-order valence-electron chi connectivity index (χ2n) is 4.99. The quantitative estimate of drug-likeness (QED) is 0.813. The lowest BCUT2D eigenvalue weighted by atomic mass is 10.2. The highest BCUT2D eigenvalue weighted by molar-refractivity contribution is 6.29. The third kappa shape index (κ3) is 4.18. The van der Waals surface area contributed by atoms with Crippen LogP contribution in [0.1, 0.15) is 35.8 Å². The lowest BCUT2D eigenvalue weighted by molar-refractivity contribution is 0.0949. The summed E-state index contributed by atoms with van der Waals surface area (Å²) < 4.78 is 0. The van der Waals surface area contributed by atoms with E-state index in [-0.39, 0.29) is 5.91 Å². The number of carbonyl (C=O) groups is 1. The van der Waals surface area contributed by atoms with E-state index < -0.39 is 0 Å². The molecule has 0 atom stereocenters. The molecule has 0 unspecified atom stereocenters. The minimum Gasteiger partial charge on any atom is -0.351 e. The van der Waals surface area contributed by atoms with E-state index in [4.69, 9.17) is 11.6 Å². The van der Waals surface area contributed by atoms with E-state index in [9.17, 15) is 4.79 Å². The van der Waals surface area contributed by atoms with Crippen molar-refractivity contribution in [1.29, 1.82) is 0 Å². The molecule has 1 amide bonds. The minimum absolute atomic E-state index is 0.0804. The van der Waals surface area contributed by atoms with Gasteiger partial charge in [0, 0.05) is 30.4 Å². The summed E-state index contributed by atoms with van der Waals surface area (Å²) in [6.07, 6.45) is 3.33. The van der Waals surface area contributed by atoms with Crippen molar-refractivity contribution in [2.75, 3.05) is 20.1 Å². The SMILES string of the molecule is CCc1cc(C(=O)NCCN(C)C2CC2)cc(Cl)n1. The predicted molar refractivity (Wildman–Crippen MR) is 76.6 cm³/mol. The van der Waals surface area contributed by atoms with Crippen molar-refractivity contribution in [1.82, 2.24) is 15.2 Å². The first-order valence-corrected chi connectivity index (χ1v) is 7.13. The molecule has 1 aliphatic carbocycles. The first-order valence-electron chi connectivity index (χ1n) is 6.75. The van der Waals surface area contributed by atoms with Crippen LogP contribution in [0.25, 0.3) is 0 Å². The predicted octanol–water partition coefficient (Wildman–Crippen LogP) is 2.12. The van der Waals surface area contributed by atoms with Crippen molar-refractivity contribution in [3.05, 3.63) is 28.5 Å². The monoisotopic (exact) mass is 281 g/mol. The van der Waals surface area contributed by atoms with Gasteiger partial charge in [0.25, 0.3) is 5.91 Å². The van der Waals surface area contributed by atoms with Gasteiger partial charge in [0.05, 0.1) is 0 Å². The molecule has 19 heavy (non-hydrogen) atoms. The van der Waals surface area contributed by atoms with Gasteiger partial charge in [-0.15, -0.1) is 0 Å². The zero-order chi connectivity index (χ0) is 13.8. The van der Waals surface area contributed by atoms with E-state index in [1.165, 1.54) is 12.8 Å². The first kappa shape index (κ1) is 14.3. The van der Waals surface area contributed by atoms with Crippen LogP contribution in [-0.4, -0.2) is 42.0 Å². The summed E-state index contributed by atoms with van der Waals surface area (Å²) in [7, 11) is 2.10. The number of likely N-dealkylation sites (N-methyl/N-ethyl adjacent to an activating group) is 1. The average molecular weight is 282 g/mol. The van der Waals surface area contributed by atoms with Crippen molar-refractivity contribution in [3.8, 4) is 0 Å². The Labute approximate surface area is 119 Å². The molecule has 104 valence electrons. The van der Waals surface area contributed by atoms with E-state index in [0.29, 0.717) is 17.3 Å². The maximum atomic E-state index is 12.0. The smallest absolute Gasteiger partial charge is 0.251 e. The van der Waals surface area contributed by atoms with Crippen LogP contribution in [-0.2, 0) is 6.42 Å². The molecule has 2 rings (SSSR count). The first-order chi connectivity index (χ1) is 9.10. The average Bonchev–Trinajstić information content (AvgIpc) is 3.21. The summed E-state index contributed by atoms with van der Waals surface area (Å²) in [5.41, 5.74) is 1.43. The topological polar surface area (TPSA) is 45.2 Å². The molecule has 0 aliphatic heterocycles. The Morgan fingerprint density at radius 3 is 2.89 bits per heavy atom. The number of pyridine rings is 1. The lowest BCUT2D eigenvalue weighted by Crippen LogP contribution is -2.34. The number of nitrogens with zero attached hydrogens (tertiary/aromatic N) is 2. The Morgan fingerprint density at radius 1 is 1.53 bits per heavy atom. The summed E-state index contributed by atoms with van der Waals surface area (Å²) >= 11 is 5.91. The molecule has 1 aliphatic rings. The van der Waals surface area contributed by atoms with Gasteiger partial charge >= 0.3 is 0 Å². The molecule has 1 saturated carbocycles. The molecule has 0 bridgehead atoms. The largest absolute Gasteiger partial charge is 0.351 e. The molecule has 0 radical (unpaired) electrons. The van der Waals surface area contributed by atoms with Crippen LogP contribution in [0.15, 0.2) is 12.1 Å². The molecule has 1 aromatic rings. The number of halogens is 1. The number of carbonyl (C=O) groups excluding carboxylic acids is 1. The molecule has 1 aromatic heterocycles. The summed E-state index contributed by atoms with van der Waals surface area (Å²) in [4.78, 5) is 18.5. The van der Waals surface area contributed by atoms with Crippen LogP contribution in [0.3, 0.4) is 0 Å². The van der Waals surface area contributed by atoms with Gasteiger partial charge in [-0.3, -0.25) is 4.79 Å². The second kappa shape index (κ2) is 6.35. The fourth-order valence-corrected chi connectivity index (χ4v) is 2.24. The van der Waals surface area contributed by atoms with Gasteiger partial charge in [0.15, 0.2) is 0 Å². The molecule has 0 aromatic carbocycles. The van der Waals surface area contributed by atoms with Crippen molar-refractivity contribution in [3.63, 3.8) is 0 Å². The highest BCUT2D eigenvalue weighted by Crippen LogP contribution is 2.24. The molecule has 5 heteroatoms. The third-order valence-electron chi connectivity index (χ3n) is 3.39. The van der Waals surface area contributed by atoms with Crippen LogP contribution in [0.5, 0.6) is 0 Å². The lowest BCUT2D eigenvalue weighted by Gasteiger charge is -2.15. The van der Waals surface area contributed by atoms with Crippen LogP contribution < -0.4 is 5.32 Å². The normalized spacial score (nSPS) is 14.7.